The number of hydrogen-bond donors (Lipinski definition) is 0. The van der Waals surface area contributed by atoms with Gasteiger partial charge in [-0.25, -0.2) is 4.98 Å². The van der Waals surface area contributed by atoms with E-state index in [1.54, 1.807) is 0 Å². The predicted octanol–water partition coefficient (Wildman–Crippen LogP) is 2.46. The third kappa shape index (κ3) is 1.87. The van der Waals surface area contributed by atoms with E-state index in [1.165, 1.54) is 38.6 Å². The molecule has 0 aromatic carbocycles. The summed E-state index contributed by atoms with van der Waals surface area (Å²) < 4.78 is 2.20. The van der Waals surface area contributed by atoms with Crippen molar-refractivity contribution in [1.29, 1.82) is 0 Å². The van der Waals surface area contributed by atoms with Gasteiger partial charge in [-0.15, -0.1) is 0 Å². The lowest BCUT2D eigenvalue weighted by molar-refractivity contribution is 0.319. The summed E-state index contributed by atoms with van der Waals surface area (Å²) in [5.41, 5.74) is 0. The number of imidazole rings is 1. The van der Waals surface area contributed by atoms with Gasteiger partial charge in [0.05, 0.1) is 6.33 Å². The van der Waals surface area contributed by atoms with Crippen LogP contribution in [0.5, 0.6) is 0 Å². The van der Waals surface area contributed by atoms with Gasteiger partial charge in [-0.05, 0) is 18.8 Å². The van der Waals surface area contributed by atoms with E-state index < -0.39 is 0 Å². The lowest BCUT2D eigenvalue weighted by Gasteiger charge is -2.21. The zero-order valence-electron chi connectivity index (χ0n) is 7.45. The molecule has 0 unspecified atom stereocenters. The number of nitrogens with zero attached hydrogens (tertiary/aromatic N) is 2. The molecule has 2 heteroatoms. The van der Waals surface area contributed by atoms with Crippen LogP contribution in [0.25, 0.3) is 0 Å². The summed E-state index contributed by atoms with van der Waals surface area (Å²) >= 11 is 0. The Morgan fingerprint density at radius 1 is 1.25 bits per heavy atom. The molecule has 0 radical (unpaired) electrons. The molecule has 2 rings (SSSR count). The first-order valence-electron chi connectivity index (χ1n) is 4.91. The predicted molar refractivity (Wildman–Crippen MR) is 48.8 cm³/mol. The van der Waals surface area contributed by atoms with Gasteiger partial charge < -0.3 is 4.57 Å². The minimum atomic E-state index is 0.910. The fraction of sp³-hybridized carbons (Fsp3) is 0.700. The summed E-state index contributed by atoms with van der Waals surface area (Å²) in [4.78, 5) is 4.05. The molecule has 1 aliphatic carbocycles. The molecule has 0 atom stereocenters. The SMILES string of the molecule is c1cn(CC2CCCCC2)cn1. The van der Waals surface area contributed by atoms with Crippen LogP contribution in [-0.2, 0) is 6.54 Å². The molecule has 1 aromatic heterocycles. The topological polar surface area (TPSA) is 17.8 Å². The third-order valence-corrected chi connectivity index (χ3v) is 2.75. The number of hydrogen-bond acceptors (Lipinski definition) is 1. The first-order valence-corrected chi connectivity index (χ1v) is 4.91. The van der Waals surface area contributed by atoms with Crippen molar-refractivity contribution < 1.29 is 0 Å². The minimum absolute atomic E-state index is 0.910. The first kappa shape index (κ1) is 7.84. The van der Waals surface area contributed by atoms with Gasteiger partial charge in [0, 0.05) is 18.9 Å². The largest absolute Gasteiger partial charge is 0.337 e. The molecule has 12 heavy (non-hydrogen) atoms. The van der Waals surface area contributed by atoms with E-state index in [0.717, 1.165) is 5.92 Å². The highest BCUT2D eigenvalue weighted by Crippen LogP contribution is 2.24. The van der Waals surface area contributed by atoms with E-state index in [2.05, 4.69) is 15.7 Å². The maximum absolute atomic E-state index is 4.05. The molecule has 0 bridgehead atoms. The Morgan fingerprint density at radius 3 is 2.75 bits per heavy atom. The Balaban J connectivity index is 1.86. The van der Waals surface area contributed by atoms with Gasteiger partial charge in [0.15, 0.2) is 0 Å². The quantitative estimate of drug-likeness (QED) is 0.656. The Kier molecular flexibility index (Phi) is 2.45. The number of aromatic nitrogens is 2. The van der Waals surface area contributed by atoms with Crippen LogP contribution in [0.1, 0.15) is 32.1 Å². The highest BCUT2D eigenvalue weighted by molar-refractivity contribution is 4.76. The highest BCUT2D eigenvalue weighted by Gasteiger charge is 2.12. The van der Waals surface area contributed by atoms with Crippen LogP contribution in [0.15, 0.2) is 18.7 Å². The zero-order chi connectivity index (χ0) is 8.23. The smallest absolute Gasteiger partial charge is 0.0945 e. The molecule has 1 aromatic rings. The van der Waals surface area contributed by atoms with Crippen molar-refractivity contribution in [2.75, 3.05) is 0 Å². The molecular formula is C10H16N2. The monoisotopic (exact) mass is 164 g/mol. The summed E-state index contributed by atoms with van der Waals surface area (Å²) in [5, 5.41) is 0. The second-order valence-electron chi connectivity index (χ2n) is 3.76. The van der Waals surface area contributed by atoms with E-state index in [4.69, 9.17) is 0 Å². The van der Waals surface area contributed by atoms with Crippen LogP contribution < -0.4 is 0 Å². The average Bonchev–Trinajstić information content (AvgIpc) is 2.59. The molecule has 0 aliphatic heterocycles. The van der Waals surface area contributed by atoms with Crippen LogP contribution in [0.3, 0.4) is 0 Å². The first-order chi connectivity index (χ1) is 5.95. The van der Waals surface area contributed by atoms with Crippen molar-refractivity contribution in [3.05, 3.63) is 18.7 Å². The van der Waals surface area contributed by atoms with E-state index in [0.29, 0.717) is 0 Å². The van der Waals surface area contributed by atoms with E-state index in [9.17, 15) is 0 Å². The lowest BCUT2D eigenvalue weighted by atomic mass is 9.89. The summed E-state index contributed by atoms with van der Waals surface area (Å²) in [5.74, 6) is 0.910. The molecular weight excluding hydrogens is 148 g/mol. The van der Waals surface area contributed by atoms with Crippen LogP contribution in [0.2, 0.25) is 0 Å². The molecule has 1 aliphatic rings. The van der Waals surface area contributed by atoms with Gasteiger partial charge in [0.25, 0.3) is 0 Å². The van der Waals surface area contributed by atoms with Crippen LogP contribution in [0, 0.1) is 5.92 Å². The summed E-state index contributed by atoms with van der Waals surface area (Å²) in [6.45, 7) is 1.18. The second kappa shape index (κ2) is 3.74. The molecule has 2 nitrogen and oxygen atoms in total. The fourth-order valence-corrected chi connectivity index (χ4v) is 2.06. The van der Waals surface area contributed by atoms with Gasteiger partial charge in [-0.2, -0.15) is 0 Å². The standard InChI is InChI=1S/C10H16N2/c1-2-4-10(5-3-1)8-12-7-6-11-9-12/h6-7,9-10H,1-5,8H2. The van der Waals surface area contributed by atoms with Crippen LogP contribution in [0.4, 0.5) is 0 Å². The molecule has 0 saturated heterocycles. The van der Waals surface area contributed by atoms with Crippen molar-refractivity contribution in [3.8, 4) is 0 Å². The molecule has 66 valence electrons. The number of rotatable bonds is 2. The maximum Gasteiger partial charge on any atom is 0.0945 e. The highest BCUT2D eigenvalue weighted by atomic mass is 15.0. The Morgan fingerprint density at radius 2 is 2.08 bits per heavy atom. The van der Waals surface area contributed by atoms with Gasteiger partial charge in [0.2, 0.25) is 0 Å². The third-order valence-electron chi connectivity index (χ3n) is 2.75. The summed E-state index contributed by atoms with van der Waals surface area (Å²) in [6.07, 6.45) is 13.0. The molecule has 1 heterocycles. The zero-order valence-corrected chi connectivity index (χ0v) is 7.45. The Hall–Kier alpha value is -0.790. The summed E-state index contributed by atoms with van der Waals surface area (Å²) in [6, 6.07) is 0. The average molecular weight is 164 g/mol. The molecule has 0 N–H and O–H groups in total. The van der Waals surface area contributed by atoms with E-state index >= 15 is 0 Å². The van der Waals surface area contributed by atoms with Crippen LogP contribution in [-0.4, -0.2) is 9.55 Å². The van der Waals surface area contributed by atoms with Crippen molar-refractivity contribution >= 4 is 0 Å². The van der Waals surface area contributed by atoms with Crippen LogP contribution >= 0.6 is 0 Å². The Labute approximate surface area is 73.6 Å². The van der Waals surface area contributed by atoms with Crippen molar-refractivity contribution in [1.82, 2.24) is 9.55 Å². The van der Waals surface area contributed by atoms with Gasteiger partial charge in [-0.3, -0.25) is 0 Å². The molecule has 0 spiro atoms. The van der Waals surface area contributed by atoms with Crippen molar-refractivity contribution in [2.24, 2.45) is 5.92 Å². The fourth-order valence-electron chi connectivity index (χ4n) is 2.06. The molecule has 1 fully saturated rings. The minimum Gasteiger partial charge on any atom is -0.337 e. The van der Waals surface area contributed by atoms with Gasteiger partial charge >= 0.3 is 0 Å². The molecule has 0 amide bonds. The molecule has 1 saturated carbocycles. The normalized spacial score (nSPS) is 19.7. The lowest BCUT2D eigenvalue weighted by Crippen LogP contribution is -2.12. The van der Waals surface area contributed by atoms with E-state index in [-0.39, 0.29) is 0 Å². The maximum atomic E-state index is 4.05. The summed E-state index contributed by atoms with van der Waals surface area (Å²) in [7, 11) is 0. The van der Waals surface area contributed by atoms with E-state index in [1.807, 2.05) is 12.5 Å². The van der Waals surface area contributed by atoms with Crippen molar-refractivity contribution in [3.63, 3.8) is 0 Å². The van der Waals surface area contributed by atoms with Gasteiger partial charge in [0.1, 0.15) is 0 Å². The van der Waals surface area contributed by atoms with Gasteiger partial charge in [-0.1, -0.05) is 19.3 Å². The second-order valence-corrected chi connectivity index (χ2v) is 3.76. The Bertz CT molecular complexity index is 210. The van der Waals surface area contributed by atoms with Crippen molar-refractivity contribution in [2.45, 2.75) is 38.6 Å².